The first-order valence-corrected chi connectivity index (χ1v) is 18.5. The van der Waals surface area contributed by atoms with Crippen molar-refractivity contribution < 1.29 is 23.4 Å². The van der Waals surface area contributed by atoms with Gasteiger partial charge < -0.3 is 29.9 Å². The van der Waals surface area contributed by atoms with Crippen LogP contribution >= 0.6 is 11.6 Å². The van der Waals surface area contributed by atoms with Crippen LogP contribution in [0.4, 0.5) is 20.2 Å². The SMILES string of the molecule is COc1cc(-c2cn(C)c(=O)c(C)c2C)cc(Cl)c1CN1CCC(F)(CCC2CCN(c3ccc(NC4CCC(O)NC4=O)cc3F)CC2)CC1. The topological polar surface area (TPSA) is 99.1 Å². The number of alkyl halides is 1. The highest BCUT2D eigenvalue weighted by atomic mass is 35.5. The second-order valence-electron chi connectivity index (χ2n) is 14.7. The number of rotatable bonds is 10. The van der Waals surface area contributed by atoms with Gasteiger partial charge in [0.15, 0.2) is 0 Å². The smallest absolute Gasteiger partial charge is 0.253 e. The summed E-state index contributed by atoms with van der Waals surface area (Å²) in [4.78, 5) is 28.8. The summed E-state index contributed by atoms with van der Waals surface area (Å²) >= 11 is 6.85. The Morgan fingerprint density at radius 1 is 1.04 bits per heavy atom. The maximum atomic E-state index is 16.1. The van der Waals surface area contributed by atoms with Crippen molar-refractivity contribution in [3.8, 4) is 16.9 Å². The molecule has 3 aliphatic heterocycles. The fourth-order valence-electron chi connectivity index (χ4n) is 7.86. The summed E-state index contributed by atoms with van der Waals surface area (Å²) in [7, 11) is 3.37. The minimum absolute atomic E-state index is 0.0222. The molecule has 3 aliphatic rings. The first-order chi connectivity index (χ1) is 24.3. The molecule has 1 amide bonds. The number of carbonyl (C=O) groups is 1. The van der Waals surface area contributed by atoms with Crippen molar-refractivity contribution in [3.63, 3.8) is 0 Å². The number of amides is 1. The normalized spacial score (nSPS) is 21.4. The van der Waals surface area contributed by atoms with Crippen LogP contribution < -0.4 is 25.8 Å². The van der Waals surface area contributed by atoms with Gasteiger partial charge in [0.25, 0.3) is 5.56 Å². The summed E-state index contributed by atoms with van der Waals surface area (Å²) in [6.45, 7) is 7.03. The molecule has 3 N–H and O–H groups in total. The Hall–Kier alpha value is -3.67. The van der Waals surface area contributed by atoms with E-state index < -0.39 is 17.9 Å². The van der Waals surface area contributed by atoms with Gasteiger partial charge in [-0.1, -0.05) is 11.6 Å². The number of aliphatic hydroxyl groups excluding tert-OH is 1. The first-order valence-electron chi connectivity index (χ1n) is 18.1. The number of nitrogens with zero attached hydrogens (tertiary/aromatic N) is 3. The van der Waals surface area contributed by atoms with Crippen LogP contribution in [-0.2, 0) is 18.4 Å². The number of nitrogens with one attached hydrogen (secondary N) is 2. The van der Waals surface area contributed by atoms with Crippen LogP contribution in [0.1, 0.15) is 68.1 Å². The van der Waals surface area contributed by atoms with Crippen molar-refractivity contribution in [3.05, 3.63) is 74.4 Å². The van der Waals surface area contributed by atoms with Crippen molar-refractivity contribution in [2.75, 3.05) is 43.5 Å². The molecule has 3 fully saturated rings. The van der Waals surface area contributed by atoms with Gasteiger partial charge in [-0.05, 0) is 113 Å². The third kappa shape index (κ3) is 8.36. The van der Waals surface area contributed by atoms with Crippen molar-refractivity contribution >= 4 is 28.9 Å². The lowest BCUT2D eigenvalue weighted by Crippen LogP contribution is -2.49. The fourth-order valence-corrected chi connectivity index (χ4v) is 8.14. The highest BCUT2D eigenvalue weighted by Crippen LogP contribution is 2.39. The third-order valence-electron chi connectivity index (χ3n) is 11.3. The van der Waals surface area contributed by atoms with Crippen molar-refractivity contribution in [1.29, 1.82) is 0 Å². The highest BCUT2D eigenvalue weighted by Gasteiger charge is 2.36. The molecule has 0 radical (unpaired) electrons. The van der Waals surface area contributed by atoms with Crippen LogP contribution in [-0.4, -0.2) is 71.7 Å². The van der Waals surface area contributed by atoms with E-state index in [2.05, 4.69) is 20.4 Å². The maximum absolute atomic E-state index is 16.1. The standard InChI is InChI=1S/C39H50ClF2N5O4/c1-24-25(2)38(50)45(3)22-29(24)27-19-31(40)30(35(20-27)51-4)23-46-17-13-39(42,14-18-46)12-9-26-10-15-47(16-11-26)34-7-5-28(21-32(34)41)43-33-6-8-36(48)44-37(33)49/h5,7,19-22,26,33,36,43,48H,6,8-18,23H2,1-4H3,(H,44,49). The van der Waals surface area contributed by atoms with Gasteiger partial charge in [0.05, 0.1) is 12.8 Å². The summed E-state index contributed by atoms with van der Waals surface area (Å²) in [5, 5.41) is 15.8. The number of aromatic nitrogens is 1. The number of hydrogen-bond donors (Lipinski definition) is 3. The summed E-state index contributed by atoms with van der Waals surface area (Å²) in [6, 6.07) is 8.36. The van der Waals surface area contributed by atoms with Gasteiger partial charge in [-0.15, -0.1) is 0 Å². The molecule has 12 heteroatoms. The predicted molar refractivity (Wildman–Crippen MR) is 198 cm³/mol. The van der Waals surface area contributed by atoms with E-state index in [0.717, 1.165) is 41.5 Å². The summed E-state index contributed by atoms with van der Waals surface area (Å²) in [5.41, 5.74) is 4.15. The number of piperidine rings is 3. The third-order valence-corrected chi connectivity index (χ3v) is 11.7. The van der Waals surface area contributed by atoms with Gasteiger partial charge in [-0.25, -0.2) is 8.78 Å². The zero-order valence-corrected chi connectivity index (χ0v) is 30.8. The van der Waals surface area contributed by atoms with E-state index in [9.17, 15) is 14.7 Å². The molecule has 0 bridgehead atoms. The van der Waals surface area contributed by atoms with Crippen LogP contribution in [0.25, 0.3) is 11.1 Å². The number of hydrogen-bond acceptors (Lipinski definition) is 7. The molecule has 0 aliphatic carbocycles. The quantitative estimate of drug-likeness (QED) is 0.220. The maximum Gasteiger partial charge on any atom is 0.253 e. The van der Waals surface area contributed by atoms with E-state index in [-0.39, 0.29) is 17.3 Å². The molecule has 51 heavy (non-hydrogen) atoms. The molecule has 2 unspecified atom stereocenters. The lowest BCUT2D eigenvalue weighted by Gasteiger charge is -2.39. The number of anilines is 2. The fraction of sp³-hybridized carbons (Fsp3) is 0.538. The van der Waals surface area contributed by atoms with E-state index in [4.69, 9.17) is 16.3 Å². The van der Waals surface area contributed by atoms with Gasteiger partial charge in [0, 0.05) is 73.4 Å². The summed E-state index contributed by atoms with van der Waals surface area (Å²) in [5.74, 6) is 0.443. The van der Waals surface area contributed by atoms with Crippen LogP contribution in [0.5, 0.6) is 5.75 Å². The van der Waals surface area contributed by atoms with Gasteiger partial charge in [0.1, 0.15) is 29.5 Å². The van der Waals surface area contributed by atoms with Crippen molar-refractivity contribution in [2.45, 2.75) is 89.7 Å². The Labute approximate surface area is 303 Å². The molecular weight excluding hydrogens is 676 g/mol. The number of halogens is 3. The van der Waals surface area contributed by atoms with Crippen LogP contribution in [0, 0.1) is 25.6 Å². The molecular formula is C39H50ClF2N5O4. The Morgan fingerprint density at radius 3 is 2.43 bits per heavy atom. The Bertz CT molecular complexity index is 1800. The second kappa shape index (κ2) is 15.5. The lowest BCUT2D eigenvalue weighted by molar-refractivity contribution is -0.127. The molecule has 2 atom stereocenters. The van der Waals surface area contributed by atoms with E-state index in [0.29, 0.717) is 98.5 Å². The Morgan fingerprint density at radius 2 is 1.76 bits per heavy atom. The number of likely N-dealkylation sites (tertiary alicyclic amines) is 1. The average Bonchev–Trinajstić information content (AvgIpc) is 3.11. The molecule has 6 rings (SSSR count). The van der Waals surface area contributed by atoms with E-state index in [1.165, 1.54) is 6.07 Å². The van der Waals surface area contributed by atoms with Crippen molar-refractivity contribution in [2.24, 2.45) is 13.0 Å². The monoisotopic (exact) mass is 725 g/mol. The molecule has 4 heterocycles. The number of carbonyl (C=O) groups excluding carboxylic acids is 1. The summed E-state index contributed by atoms with van der Waals surface area (Å²) < 4.78 is 38.6. The predicted octanol–water partition coefficient (Wildman–Crippen LogP) is 6.48. The van der Waals surface area contributed by atoms with E-state index in [1.54, 1.807) is 30.9 Å². The molecule has 0 spiro atoms. The number of aryl methyl sites for hydroxylation is 1. The van der Waals surface area contributed by atoms with Gasteiger partial charge in [-0.2, -0.15) is 0 Å². The number of pyridine rings is 1. The number of aliphatic hydroxyl groups is 1. The van der Waals surface area contributed by atoms with E-state index >= 15 is 8.78 Å². The van der Waals surface area contributed by atoms with Crippen LogP contribution in [0.3, 0.4) is 0 Å². The molecule has 3 saturated heterocycles. The Balaban J connectivity index is 0.979. The van der Waals surface area contributed by atoms with Crippen molar-refractivity contribution in [1.82, 2.24) is 14.8 Å². The lowest BCUT2D eigenvalue weighted by atomic mass is 9.83. The largest absolute Gasteiger partial charge is 0.496 e. The molecule has 1 aromatic heterocycles. The zero-order valence-electron chi connectivity index (χ0n) is 30.0. The van der Waals surface area contributed by atoms with Gasteiger partial charge >= 0.3 is 0 Å². The number of methoxy groups -OCH3 is 1. The Kier molecular flexibility index (Phi) is 11.3. The van der Waals surface area contributed by atoms with Gasteiger partial charge in [-0.3, -0.25) is 14.5 Å². The average molecular weight is 726 g/mol. The first kappa shape index (κ1) is 37.1. The summed E-state index contributed by atoms with van der Waals surface area (Å²) in [6.07, 6.45) is 5.98. The van der Waals surface area contributed by atoms with E-state index in [1.807, 2.05) is 32.2 Å². The molecule has 2 aromatic carbocycles. The number of benzene rings is 2. The molecule has 3 aromatic rings. The molecule has 276 valence electrons. The molecule has 0 saturated carbocycles. The second-order valence-corrected chi connectivity index (χ2v) is 15.1. The van der Waals surface area contributed by atoms with Gasteiger partial charge in [0.2, 0.25) is 5.91 Å². The molecule has 9 nitrogen and oxygen atoms in total. The number of ether oxygens (including phenoxy) is 1. The van der Waals surface area contributed by atoms with Crippen LogP contribution in [0.15, 0.2) is 41.3 Å². The van der Waals surface area contributed by atoms with Crippen LogP contribution in [0.2, 0.25) is 5.02 Å². The minimum atomic E-state index is -1.20. The highest BCUT2D eigenvalue weighted by molar-refractivity contribution is 6.32. The minimum Gasteiger partial charge on any atom is -0.496 e. The zero-order chi connectivity index (χ0) is 36.4.